The van der Waals surface area contributed by atoms with Gasteiger partial charge in [-0.05, 0) is 23.1 Å². The molecular weight excluding hydrogens is 313 g/mol. The van der Waals surface area contributed by atoms with E-state index in [1.807, 2.05) is 0 Å². The van der Waals surface area contributed by atoms with E-state index in [0.717, 1.165) is 5.56 Å². The maximum Gasteiger partial charge on any atom is 0.307 e. The van der Waals surface area contributed by atoms with Crippen molar-refractivity contribution in [1.29, 1.82) is 0 Å². The Labute approximate surface area is 138 Å². The fraction of sp³-hybridized carbons (Fsp3) is 0.353. The van der Waals surface area contributed by atoms with Crippen molar-refractivity contribution in [2.45, 2.75) is 20.4 Å². The van der Waals surface area contributed by atoms with Gasteiger partial charge in [-0.2, -0.15) is 5.10 Å². The molecule has 1 aliphatic rings. The van der Waals surface area contributed by atoms with E-state index >= 15 is 0 Å². The molecule has 0 bridgehead atoms. The zero-order valence-corrected chi connectivity index (χ0v) is 13.4. The summed E-state index contributed by atoms with van der Waals surface area (Å²) in [5, 5.41) is 16.0. The molecule has 6 nitrogen and oxygen atoms in total. The van der Waals surface area contributed by atoms with Crippen molar-refractivity contribution in [3.63, 3.8) is 0 Å². The number of aromatic nitrogens is 2. The first-order chi connectivity index (χ1) is 11.3. The molecule has 1 fully saturated rings. The molecule has 1 amide bonds. The summed E-state index contributed by atoms with van der Waals surface area (Å²) in [5.74, 6) is -2.45. The summed E-state index contributed by atoms with van der Waals surface area (Å²) in [5.41, 5.74) is 0.332. The molecule has 0 spiro atoms. The first kappa shape index (κ1) is 16.2. The van der Waals surface area contributed by atoms with Crippen molar-refractivity contribution in [3.8, 4) is 0 Å². The molecule has 1 aliphatic carbocycles. The van der Waals surface area contributed by atoms with Crippen LogP contribution in [0.1, 0.15) is 19.4 Å². The Kier molecular flexibility index (Phi) is 3.87. The third kappa shape index (κ3) is 3.02. The number of carboxylic acid groups (broad SMARTS) is 1. The number of rotatable bonds is 5. The summed E-state index contributed by atoms with van der Waals surface area (Å²) in [7, 11) is 0. The van der Waals surface area contributed by atoms with Gasteiger partial charge in [-0.1, -0.05) is 26.0 Å². The number of aliphatic carboxylic acids is 1. The highest BCUT2D eigenvalue weighted by Gasteiger charge is 2.65. The number of hydrogen-bond acceptors (Lipinski definition) is 3. The number of nitrogens with zero attached hydrogens (tertiary/aromatic N) is 2. The van der Waals surface area contributed by atoms with Gasteiger partial charge in [0.1, 0.15) is 5.82 Å². The lowest BCUT2D eigenvalue weighted by Crippen LogP contribution is -2.18. The van der Waals surface area contributed by atoms with Crippen LogP contribution in [0.5, 0.6) is 0 Å². The van der Waals surface area contributed by atoms with Gasteiger partial charge < -0.3 is 10.4 Å². The van der Waals surface area contributed by atoms with Gasteiger partial charge in [-0.25, -0.2) is 4.39 Å². The molecule has 2 N–H and O–H groups in total. The molecule has 126 valence electrons. The van der Waals surface area contributed by atoms with Crippen molar-refractivity contribution < 1.29 is 19.1 Å². The Hall–Kier alpha value is -2.70. The highest BCUT2D eigenvalue weighted by molar-refractivity contribution is 5.99. The predicted molar refractivity (Wildman–Crippen MR) is 84.8 cm³/mol. The molecule has 1 heterocycles. The van der Waals surface area contributed by atoms with E-state index in [2.05, 4.69) is 10.4 Å². The Morgan fingerprint density at radius 2 is 1.92 bits per heavy atom. The third-order valence-electron chi connectivity index (χ3n) is 4.53. The lowest BCUT2D eigenvalue weighted by Gasteiger charge is -2.04. The maximum atomic E-state index is 12.9. The minimum atomic E-state index is -0.956. The van der Waals surface area contributed by atoms with Crippen LogP contribution < -0.4 is 5.32 Å². The fourth-order valence-electron chi connectivity index (χ4n) is 3.09. The zero-order valence-electron chi connectivity index (χ0n) is 13.4. The summed E-state index contributed by atoms with van der Waals surface area (Å²) in [4.78, 5) is 23.4. The molecule has 7 heteroatoms. The zero-order chi connectivity index (χ0) is 17.5. The van der Waals surface area contributed by atoms with E-state index in [-0.39, 0.29) is 11.7 Å². The van der Waals surface area contributed by atoms with Crippen LogP contribution in [0.4, 0.5) is 10.2 Å². The van der Waals surface area contributed by atoms with Gasteiger partial charge >= 0.3 is 5.97 Å². The van der Waals surface area contributed by atoms with Crippen LogP contribution in [0.3, 0.4) is 0 Å². The van der Waals surface area contributed by atoms with Crippen LogP contribution in [0.2, 0.25) is 0 Å². The second kappa shape index (κ2) is 5.74. The molecule has 2 aromatic rings. The van der Waals surface area contributed by atoms with E-state index < -0.39 is 23.2 Å². The largest absolute Gasteiger partial charge is 0.481 e. The smallest absolute Gasteiger partial charge is 0.307 e. The number of carboxylic acids is 1. The molecule has 1 aromatic heterocycles. The number of carbonyl (C=O) groups is 2. The van der Waals surface area contributed by atoms with Crippen molar-refractivity contribution in [3.05, 3.63) is 47.9 Å². The molecule has 0 radical (unpaired) electrons. The van der Waals surface area contributed by atoms with Crippen LogP contribution >= 0.6 is 0 Å². The van der Waals surface area contributed by atoms with Gasteiger partial charge in [-0.15, -0.1) is 0 Å². The summed E-state index contributed by atoms with van der Waals surface area (Å²) in [6.07, 6.45) is 1.70. The molecule has 1 aromatic carbocycles. The molecule has 0 unspecified atom stereocenters. The highest BCUT2D eigenvalue weighted by atomic mass is 19.1. The lowest BCUT2D eigenvalue weighted by atomic mass is 10.1. The molecule has 0 saturated heterocycles. The first-order valence-electron chi connectivity index (χ1n) is 7.60. The van der Waals surface area contributed by atoms with E-state index in [1.165, 1.54) is 12.1 Å². The summed E-state index contributed by atoms with van der Waals surface area (Å²) < 4.78 is 14.5. The molecule has 0 aliphatic heterocycles. The summed E-state index contributed by atoms with van der Waals surface area (Å²) in [6, 6.07) is 7.73. The van der Waals surface area contributed by atoms with Crippen LogP contribution in [0.15, 0.2) is 36.5 Å². The maximum absolute atomic E-state index is 12.9. The average Bonchev–Trinajstić information content (AvgIpc) is 2.85. The predicted octanol–water partition coefficient (Wildman–Crippen LogP) is 2.37. The minimum Gasteiger partial charge on any atom is -0.481 e. The molecular formula is C17H18FN3O3. The molecule has 2 atom stereocenters. The SMILES string of the molecule is CC1(C)[C@H](C(=O)O)[C@@H]1C(=O)Nc1ccn(Cc2ccc(F)cc2)n1. The number of halogens is 1. The van der Waals surface area contributed by atoms with E-state index in [0.29, 0.717) is 12.4 Å². The highest BCUT2D eigenvalue weighted by Crippen LogP contribution is 2.58. The first-order valence-corrected chi connectivity index (χ1v) is 7.60. The lowest BCUT2D eigenvalue weighted by molar-refractivity contribution is -0.140. The quantitative estimate of drug-likeness (QED) is 0.881. The van der Waals surface area contributed by atoms with Gasteiger partial charge in [0.15, 0.2) is 5.82 Å². The Morgan fingerprint density at radius 3 is 2.50 bits per heavy atom. The normalized spacial score (nSPS) is 21.3. The minimum absolute atomic E-state index is 0.299. The average molecular weight is 331 g/mol. The Bertz CT molecular complexity index is 783. The number of amides is 1. The topological polar surface area (TPSA) is 84.2 Å². The standard InChI is InChI=1S/C17H18FN3O3/c1-17(2)13(14(17)16(23)24)15(22)19-12-7-8-21(20-12)9-10-3-5-11(18)6-4-10/h3-8,13-14H,9H2,1-2H3,(H,23,24)(H,19,20,22)/t13-,14+/m1/s1. The van der Waals surface area contributed by atoms with Crippen molar-refractivity contribution >= 4 is 17.7 Å². The number of hydrogen-bond donors (Lipinski definition) is 2. The summed E-state index contributed by atoms with van der Waals surface area (Å²) >= 11 is 0. The Morgan fingerprint density at radius 1 is 1.25 bits per heavy atom. The van der Waals surface area contributed by atoms with E-state index in [4.69, 9.17) is 5.11 Å². The number of nitrogens with one attached hydrogen (secondary N) is 1. The van der Waals surface area contributed by atoms with Gasteiger partial charge in [0.2, 0.25) is 5.91 Å². The van der Waals surface area contributed by atoms with Crippen molar-refractivity contribution in [2.24, 2.45) is 17.3 Å². The summed E-state index contributed by atoms with van der Waals surface area (Å²) in [6.45, 7) is 3.98. The van der Waals surface area contributed by atoms with Crippen LogP contribution in [0.25, 0.3) is 0 Å². The fourth-order valence-corrected chi connectivity index (χ4v) is 3.09. The van der Waals surface area contributed by atoms with Gasteiger partial charge in [-0.3, -0.25) is 14.3 Å². The Balaban J connectivity index is 1.63. The second-order valence-corrected chi connectivity index (χ2v) is 6.63. The van der Waals surface area contributed by atoms with E-state index in [9.17, 15) is 14.0 Å². The number of benzene rings is 1. The molecule has 24 heavy (non-hydrogen) atoms. The van der Waals surface area contributed by atoms with E-state index in [1.54, 1.807) is 42.9 Å². The number of carbonyl (C=O) groups excluding carboxylic acids is 1. The van der Waals surface area contributed by atoms with Crippen LogP contribution in [0, 0.1) is 23.1 Å². The van der Waals surface area contributed by atoms with Gasteiger partial charge in [0, 0.05) is 12.3 Å². The molecule has 1 saturated carbocycles. The molecule has 3 rings (SSSR count). The van der Waals surface area contributed by atoms with Crippen LogP contribution in [-0.4, -0.2) is 26.8 Å². The van der Waals surface area contributed by atoms with Crippen LogP contribution in [-0.2, 0) is 16.1 Å². The third-order valence-corrected chi connectivity index (χ3v) is 4.53. The monoisotopic (exact) mass is 331 g/mol. The van der Waals surface area contributed by atoms with Crippen molar-refractivity contribution in [1.82, 2.24) is 9.78 Å². The van der Waals surface area contributed by atoms with Gasteiger partial charge in [0.05, 0.1) is 18.4 Å². The second-order valence-electron chi connectivity index (χ2n) is 6.63. The van der Waals surface area contributed by atoms with Gasteiger partial charge in [0.25, 0.3) is 0 Å². The van der Waals surface area contributed by atoms with Crippen molar-refractivity contribution in [2.75, 3.05) is 5.32 Å². The number of anilines is 1.